The Bertz CT molecular complexity index is 481. The van der Waals surface area contributed by atoms with Gasteiger partial charge in [0.25, 0.3) is 5.91 Å². The average Bonchev–Trinajstić information content (AvgIpc) is 2.92. The van der Waals surface area contributed by atoms with Crippen LogP contribution in [0.25, 0.3) is 0 Å². The summed E-state index contributed by atoms with van der Waals surface area (Å²) in [4.78, 5) is 12.7. The van der Waals surface area contributed by atoms with Gasteiger partial charge >= 0.3 is 0 Å². The molecule has 102 valence electrons. The van der Waals surface area contributed by atoms with Crippen molar-refractivity contribution >= 4 is 29.0 Å². The lowest BCUT2D eigenvalue weighted by Gasteiger charge is -2.21. The Morgan fingerprint density at radius 1 is 1.47 bits per heavy atom. The molecule has 1 aromatic heterocycles. The first kappa shape index (κ1) is 14.4. The number of thioether (sulfide) groups is 1. The molecule has 1 aromatic rings. The Balaban J connectivity index is 1.90. The lowest BCUT2D eigenvalue weighted by molar-refractivity contribution is 0.0950. The Labute approximate surface area is 121 Å². The summed E-state index contributed by atoms with van der Waals surface area (Å²) in [6, 6.07) is 1.82. The van der Waals surface area contributed by atoms with Crippen LogP contribution in [0.5, 0.6) is 0 Å². The van der Waals surface area contributed by atoms with Gasteiger partial charge in [0.1, 0.15) is 11.5 Å². The SMILES string of the molecule is O=C(NCC1CCSCC1)c1sccc1C#CCO. The highest BCUT2D eigenvalue weighted by atomic mass is 32.2. The van der Waals surface area contributed by atoms with E-state index < -0.39 is 0 Å². The molecule has 2 heterocycles. The van der Waals surface area contributed by atoms with Gasteiger partial charge in [0.05, 0.1) is 0 Å². The van der Waals surface area contributed by atoms with Gasteiger partial charge in [0.2, 0.25) is 0 Å². The summed E-state index contributed by atoms with van der Waals surface area (Å²) >= 11 is 3.38. The number of thiophene rings is 1. The molecule has 0 aliphatic carbocycles. The molecule has 2 N–H and O–H groups in total. The molecule has 1 amide bonds. The number of carbonyl (C=O) groups excluding carboxylic acids is 1. The topological polar surface area (TPSA) is 49.3 Å². The van der Waals surface area contributed by atoms with Gasteiger partial charge in [0.15, 0.2) is 0 Å². The van der Waals surface area contributed by atoms with Crippen molar-refractivity contribution < 1.29 is 9.90 Å². The van der Waals surface area contributed by atoms with Crippen molar-refractivity contribution in [3.63, 3.8) is 0 Å². The summed E-state index contributed by atoms with van der Waals surface area (Å²) in [5.74, 6) is 8.35. The van der Waals surface area contributed by atoms with Crippen LogP contribution in [0.4, 0.5) is 0 Å². The number of nitrogens with one attached hydrogen (secondary N) is 1. The monoisotopic (exact) mass is 295 g/mol. The normalized spacial score (nSPS) is 15.6. The van der Waals surface area contributed by atoms with Gasteiger partial charge < -0.3 is 10.4 Å². The Morgan fingerprint density at radius 2 is 2.26 bits per heavy atom. The summed E-state index contributed by atoms with van der Waals surface area (Å²) in [6.45, 7) is 0.570. The second-order valence-electron chi connectivity index (χ2n) is 4.39. The molecular weight excluding hydrogens is 278 g/mol. The minimum absolute atomic E-state index is 0.0459. The third-order valence-electron chi connectivity index (χ3n) is 3.07. The van der Waals surface area contributed by atoms with Gasteiger partial charge in [-0.05, 0) is 41.7 Å². The zero-order chi connectivity index (χ0) is 13.5. The first-order chi connectivity index (χ1) is 9.31. The van der Waals surface area contributed by atoms with E-state index in [0.717, 1.165) is 6.54 Å². The van der Waals surface area contributed by atoms with E-state index in [-0.39, 0.29) is 12.5 Å². The van der Waals surface area contributed by atoms with Crippen molar-refractivity contribution in [1.82, 2.24) is 5.32 Å². The molecule has 0 spiro atoms. The van der Waals surface area contributed by atoms with Crippen molar-refractivity contribution in [1.29, 1.82) is 0 Å². The first-order valence-electron chi connectivity index (χ1n) is 6.34. The number of carbonyl (C=O) groups is 1. The number of aliphatic hydroxyl groups is 1. The molecule has 1 saturated heterocycles. The smallest absolute Gasteiger partial charge is 0.262 e. The molecule has 5 heteroatoms. The van der Waals surface area contributed by atoms with Crippen LogP contribution in [0.3, 0.4) is 0 Å². The third-order valence-corrected chi connectivity index (χ3v) is 5.03. The summed E-state index contributed by atoms with van der Waals surface area (Å²) in [6.07, 6.45) is 2.37. The van der Waals surface area contributed by atoms with E-state index in [4.69, 9.17) is 5.11 Å². The molecule has 1 fully saturated rings. The fourth-order valence-electron chi connectivity index (χ4n) is 1.99. The zero-order valence-electron chi connectivity index (χ0n) is 10.6. The van der Waals surface area contributed by atoms with E-state index in [1.165, 1.54) is 35.7 Å². The van der Waals surface area contributed by atoms with Crippen LogP contribution in [0, 0.1) is 17.8 Å². The van der Waals surface area contributed by atoms with Crippen LogP contribution in [0.2, 0.25) is 0 Å². The second kappa shape index (κ2) is 7.59. The molecule has 19 heavy (non-hydrogen) atoms. The number of hydrogen-bond acceptors (Lipinski definition) is 4. The van der Waals surface area contributed by atoms with Crippen molar-refractivity contribution in [2.24, 2.45) is 5.92 Å². The lowest BCUT2D eigenvalue weighted by Crippen LogP contribution is -2.30. The van der Waals surface area contributed by atoms with Gasteiger partial charge in [-0.3, -0.25) is 4.79 Å². The van der Waals surface area contributed by atoms with Crippen molar-refractivity contribution in [2.75, 3.05) is 24.7 Å². The molecule has 0 atom stereocenters. The highest BCUT2D eigenvalue weighted by Gasteiger charge is 2.16. The molecule has 0 bridgehead atoms. The standard InChI is InChI=1S/C14H17NO2S2/c16-6-1-2-12-5-9-19-13(12)14(17)15-10-11-3-7-18-8-4-11/h5,9,11,16H,3-4,6-8,10H2,(H,15,17). The number of rotatable bonds is 3. The van der Waals surface area contributed by atoms with Crippen LogP contribution < -0.4 is 5.32 Å². The van der Waals surface area contributed by atoms with Crippen LogP contribution in [-0.2, 0) is 0 Å². The fourth-order valence-corrected chi connectivity index (χ4v) is 3.96. The van der Waals surface area contributed by atoms with Crippen molar-refractivity contribution in [3.05, 3.63) is 21.9 Å². The quantitative estimate of drug-likeness (QED) is 0.838. The summed E-state index contributed by atoms with van der Waals surface area (Å²) in [5, 5.41) is 13.6. The van der Waals surface area contributed by atoms with Gasteiger partial charge in [-0.1, -0.05) is 11.8 Å². The fraction of sp³-hybridized carbons (Fsp3) is 0.500. The molecule has 3 nitrogen and oxygen atoms in total. The number of aliphatic hydroxyl groups excluding tert-OH is 1. The van der Waals surface area contributed by atoms with E-state index in [9.17, 15) is 4.79 Å². The Hall–Kier alpha value is -0.960. The molecule has 0 radical (unpaired) electrons. The molecule has 0 unspecified atom stereocenters. The maximum atomic E-state index is 12.1. The molecule has 0 aromatic carbocycles. The highest BCUT2D eigenvalue weighted by molar-refractivity contribution is 7.99. The van der Waals surface area contributed by atoms with E-state index in [2.05, 4.69) is 17.2 Å². The summed E-state index contributed by atoms with van der Waals surface area (Å²) in [5.41, 5.74) is 0.704. The second-order valence-corrected chi connectivity index (χ2v) is 6.53. The van der Waals surface area contributed by atoms with Crippen molar-refractivity contribution in [2.45, 2.75) is 12.8 Å². The van der Waals surface area contributed by atoms with E-state index in [1.54, 1.807) is 0 Å². The molecular formula is C14H17NO2S2. The van der Waals surface area contributed by atoms with Gasteiger partial charge in [-0.2, -0.15) is 11.8 Å². The predicted octanol–water partition coefficient (Wildman–Crippen LogP) is 1.96. The van der Waals surface area contributed by atoms with E-state index >= 15 is 0 Å². The van der Waals surface area contributed by atoms with Crippen LogP contribution in [-0.4, -0.2) is 35.7 Å². The minimum Gasteiger partial charge on any atom is -0.384 e. The Kier molecular flexibility index (Phi) is 5.77. The summed E-state index contributed by atoms with van der Waals surface area (Å²) in [7, 11) is 0. The van der Waals surface area contributed by atoms with Crippen LogP contribution >= 0.6 is 23.1 Å². The first-order valence-corrected chi connectivity index (χ1v) is 8.38. The van der Waals surface area contributed by atoms with E-state index in [1.807, 2.05) is 23.2 Å². The predicted molar refractivity (Wildman–Crippen MR) is 80.7 cm³/mol. The maximum absolute atomic E-state index is 12.1. The van der Waals surface area contributed by atoms with Gasteiger partial charge in [-0.15, -0.1) is 11.3 Å². The van der Waals surface area contributed by atoms with Gasteiger partial charge in [-0.25, -0.2) is 0 Å². The molecule has 2 rings (SSSR count). The molecule has 1 aliphatic rings. The van der Waals surface area contributed by atoms with Gasteiger partial charge in [0, 0.05) is 12.1 Å². The Morgan fingerprint density at radius 3 is 3.00 bits per heavy atom. The number of amides is 1. The zero-order valence-corrected chi connectivity index (χ0v) is 12.3. The maximum Gasteiger partial charge on any atom is 0.262 e. The highest BCUT2D eigenvalue weighted by Crippen LogP contribution is 2.22. The molecule has 0 saturated carbocycles. The van der Waals surface area contributed by atoms with E-state index in [0.29, 0.717) is 16.4 Å². The summed E-state index contributed by atoms with van der Waals surface area (Å²) < 4.78 is 0. The van der Waals surface area contributed by atoms with Crippen molar-refractivity contribution in [3.8, 4) is 11.8 Å². The third kappa shape index (κ3) is 4.27. The van der Waals surface area contributed by atoms with Crippen LogP contribution in [0.15, 0.2) is 11.4 Å². The number of hydrogen-bond donors (Lipinski definition) is 2. The lowest BCUT2D eigenvalue weighted by atomic mass is 10.0. The average molecular weight is 295 g/mol. The molecule has 1 aliphatic heterocycles. The largest absolute Gasteiger partial charge is 0.384 e. The minimum atomic E-state index is -0.184. The van der Waals surface area contributed by atoms with Crippen LogP contribution in [0.1, 0.15) is 28.1 Å².